The van der Waals surface area contributed by atoms with Crippen molar-refractivity contribution in [3.05, 3.63) is 63.1 Å². The molecule has 0 aliphatic heterocycles. The molecule has 0 N–H and O–H groups in total. The molecule has 0 saturated heterocycles. The Bertz CT molecular complexity index is 877. The van der Waals surface area contributed by atoms with Crippen molar-refractivity contribution < 1.29 is 0 Å². The predicted octanol–water partition coefficient (Wildman–Crippen LogP) is 5.73. The van der Waals surface area contributed by atoms with Crippen LogP contribution < -0.4 is 0 Å². The normalized spacial score (nSPS) is 10.5. The summed E-state index contributed by atoms with van der Waals surface area (Å²) in [6.45, 7) is 4.14. The molecule has 2 nitrogen and oxygen atoms in total. The number of nitrogens with zero attached hydrogens (tertiary/aromatic N) is 2. The molecule has 3 aromatic rings. The Morgan fingerprint density at radius 1 is 1.14 bits per heavy atom. The molecule has 22 heavy (non-hydrogen) atoms. The molecule has 0 aliphatic carbocycles. The summed E-state index contributed by atoms with van der Waals surface area (Å²) in [7, 11) is 0. The molecule has 108 valence electrons. The number of benzene rings is 1. The van der Waals surface area contributed by atoms with Gasteiger partial charge in [-0.2, -0.15) is 5.26 Å². The molecule has 1 aromatic carbocycles. The average Bonchev–Trinajstić information content (AvgIpc) is 3.00. The summed E-state index contributed by atoms with van der Waals surface area (Å²) in [5, 5.41) is 11.5. The first-order valence-corrected chi connectivity index (χ1v) is 8.49. The van der Waals surface area contributed by atoms with E-state index in [0.717, 1.165) is 27.3 Å². The van der Waals surface area contributed by atoms with Gasteiger partial charge in [0.1, 0.15) is 10.7 Å². The van der Waals surface area contributed by atoms with Crippen LogP contribution in [0, 0.1) is 25.2 Å². The SMILES string of the molecule is Cc1ccc(-c2cc(-c3cccs3)nc(Br)c2C#N)c(C)c1. The minimum absolute atomic E-state index is 0.576. The second-order valence-corrected chi connectivity index (χ2v) is 6.83. The predicted molar refractivity (Wildman–Crippen MR) is 94.9 cm³/mol. The molecule has 0 atom stereocenters. The molecular formula is C18H13BrN2S. The van der Waals surface area contributed by atoms with Gasteiger partial charge in [0.05, 0.1) is 16.1 Å². The highest BCUT2D eigenvalue weighted by atomic mass is 79.9. The van der Waals surface area contributed by atoms with Crippen molar-refractivity contribution in [1.29, 1.82) is 5.26 Å². The lowest BCUT2D eigenvalue weighted by Gasteiger charge is -2.11. The van der Waals surface area contributed by atoms with Gasteiger partial charge in [0.2, 0.25) is 0 Å². The fourth-order valence-electron chi connectivity index (χ4n) is 2.50. The number of nitriles is 1. The summed E-state index contributed by atoms with van der Waals surface area (Å²) in [5.41, 5.74) is 5.83. The second kappa shape index (κ2) is 6.04. The maximum absolute atomic E-state index is 9.51. The van der Waals surface area contributed by atoms with Gasteiger partial charge < -0.3 is 0 Å². The van der Waals surface area contributed by atoms with Gasteiger partial charge in [-0.3, -0.25) is 0 Å². The van der Waals surface area contributed by atoms with E-state index in [1.165, 1.54) is 5.56 Å². The number of aromatic nitrogens is 1. The fourth-order valence-corrected chi connectivity index (χ4v) is 3.68. The van der Waals surface area contributed by atoms with E-state index in [1.807, 2.05) is 23.6 Å². The van der Waals surface area contributed by atoms with Gasteiger partial charge in [-0.25, -0.2) is 4.98 Å². The van der Waals surface area contributed by atoms with Crippen LogP contribution in [-0.2, 0) is 0 Å². The van der Waals surface area contributed by atoms with Crippen LogP contribution in [0.25, 0.3) is 21.7 Å². The van der Waals surface area contributed by atoms with Crippen LogP contribution in [0.2, 0.25) is 0 Å². The zero-order chi connectivity index (χ0) is 15.7. The van der Waals surface area contributed by atoms with E-state index in [0.29, 0.717) is 10.2 Å². The van der Waals surface area contributed by atoms with Gasteiger partial charge in [0, 0.05) is 5.56 Å². The monoisotopic (exact) mass is 368 g/mol. The Labute approximate surface area is 142 Å². The van der Waals surface area contributed by atoms with Crippen molar-refractivity contribution in [2.45, 2.75) is 13.8 Å². The van der Waals surface area contributed by atoms with Crippen molar-refractivity contribution in [2.24, 2.45) is 0 Å². The summed E-state index contributed by atoms with van der Waals surface area (Å²) in [6.07, 6.45) is 0. The van der Waals surface area contributed by atoms with Gasteiger partial charge in [-0.15, -0.1) is 11.3 Å². The van der Waals surface area contributed by atoms with Crippen molar-refractivity contribution in [1.82, 2.24) is 4.98 Å². The van der Waals surface area contributed by atoms with Crippen LogP contribution >= 0.6 is 27.3 Å². The van der Waals surface area contributed by atoms with Crippen LogP contribution in [0.15, 0.2) is 46.4 Å². The summed E-state index contributed by atoms with van der Waals surface area (Å²) in [4.78, 5) is 5.62. The van der Waals surface area contributed by atoms with Crippen molar-refractivity contribution in [3.63, 3.8) is 0 Å². The van der Waals surface area contributed by atoms with E-state index in [2.05, 4.69) is 59.0 Å². The Hall–Kier alpha value is -1.96. The number of pyridine rings is 1. The number of hydrogen-bond donors (Lipinski definition) is 0. The quantitative estimate of drug-likeness (QED) is 0.541. The molecule has 0 saturated carbocycles. The summed E-state index contributed by atoms with van der Waals surface area (Å²) in [6, 6.07) is 14.6. The molecule has 4 heteroatoms. The highest BCUT2D eigenvalue weighted by molar-refractivity contribution is 9.10. The first-order valence-electron chi connectivity index (χ1n) is 6.82. The second-order valence-electron chi connectivity index (χ2n) is 5.13. The number of aryl methyl sites for hydroxylation is 2. The van der Waals surface area contributed by atoms with Gasteiger partial charge in [-0.05, 0) is 58.4 Å². The standard InChI is InChI=1S/C18H13BrN2S/c1-11-5-6-13(12(2)8-11)14-9-16(17-4-3-7-22-17)21-18(19)15(14)10-20/h3-9H,1-2H3. The highest BCUT2D eigenvalue weighted by Crippen LogP contribution is 2.35. The summed E-state index contributed by atoms with van der Waals surface area (Å²) in [5.74, 6) is 0. The van der Waals surface area contributed by atoms with Gasteiger partial charge in [-0.1, -0.05) is 29.8 Å². The van der Waals surface area contributed by atoms with Crippen LogP contribution in [0.3, 0.4) is 0 Å². The van der Waals surface area contributed by atoms with E-state index in [1.54, 1.807) is 11.3 Å². The molecule has 3 rings (SSSR count). The molecule has 0 fully saturated rings. The van der Waals surface area contributed by atoms with Crippen LogP contribution in [0.4, 0.5) is 0 Å². The molecule has 0 spiro atoms. The fraction of sp³-hybridized carbons (Fsp3) is 0.111. The van der Waals surface area contributed by atoms with E-state index >= 15 is 0 Å². The lowest BCUT2D eigenvalue weighted by molar-refractivity contribution is 1.26. The van der Waals surface area contributed by atoms with Crippen LogP contribution in [0.5, 0.6) is 0 Å². The van der Waals surface area contributed by atoms with Gasteiger partial charge in [0.15, 0.2) is 0 Å². The first-order chi connectivity index (χ1) is 10.6. The number of thiophene rings is 1. The minimum Gasteiger partial charge on any atom is -0.239 e. The van der Waals surface area contributed by atoms with Crippen molar-refractivity contribution >= 4 is 27.3 Å². The largest absolute Gasteiger partial charge is 0.239 e. The van der Waals surface area contributed by atoms with Crippen LogP contribution in [0.1, 0.15) is 16.7 Å². The van der Waals surface area contributed by atoms with E-state index in [9.17, 15) is 5.26 Å². The number of hydrogen-bond acceptors (Lipinski definition) is 3. The third kappa shape index (κ3) is 2.70. The third-order valence-electron chi connectivity index (χ3n) is 3.53. The number of halogens is 1. The molecule has 0 bridgehead atoms. The molecular weight excluding hydrogens is 356 g/mol. The molecule has 0 radical (unpaired) electrons. The Balaban J connectivity index is 2.27. The van der Waals surface area contributed by atoms with Gasteiger partial charge in [0.25, 0.3) is 0 Å². The van der Waals surface area contributed by atoms with Crippen molar-refractivity contribution in [2.75, 3.05) is 0 Å². The lowest BCUT2D eigenvalue weighted by Crippen LogP contribution is -1.94. The molecule has 2 heterocycles. The van der Waals surface area contributed by atoms with Gasteiger partial charge >= 0.3 is 0 Å². The molecule has 0 amide bonds. The summed E-state index contributed by atoms with van der Waals surface area (Å²) >= 11 is 5.09. The van der Waals surface area contributed by atoms with E-state index in [-0.39, 0.29) is 0 Å². The number of rotatable bonds is 2. The zero-order valence-corrected chi connectivity index (χ0v) is 14.6. The molecule has 2 aromatic heterocycles. The molecule has 0 unspecified atom stereocenters. The maximum Gasteiger partial charge on any atom is 0.125 e. The zero-order valence-electron chi connectivity index (χ0n) is 12.2. The van der Waals surface area contributed by atoms with E-state index in [4.69, 9.17) is 0 Å². The molecule has 0 aliphatic rings. The Morgan fingerprint density at radius 3 is 2.59 bits per heavy atom. The smallest absolute Gasteiger partial charge is 0.125 e. The highest BCUT2D eigenvalue weighted by Gasteiger charge is 2.15. The Morgan fingerprint density at radius 2 is 1.95 bits per heavy atom. The lowest BCUT2D eigenvalue weighted by atomic mass is 9.95. The first kappa shape index (κ1) is 15.0. The minimum atomic E-state index is 0.576. The third-order valence-corrected chi connectivity index (χ3v) is 5.00. The summed E-state index contributed by atoms with van der Waals surface area (Å²) < 4.78 is 0.593. The van der Waals surface area contributed by atoms with E-state index < -0.39 is 0 Å². The van der Waals surface area contributed by atoms with Crippen LogP contribution in [-0.4, -0.2) is 4.98 Å². The van der Waals surface area contributed by atoms with Crippen molar-refractivity contribution in [3.8, 4) is 27.8 Å². The Kier molecular flexibility index (Phi) is 4.10. The average molecular weight is 369 g/mol. The topological polar surface area (TPSA) is 36.7 Å². The maximum atomic E-state index is 9.51.